The maximum Gasteiger partial charge on any atom is 0.230 e. The quantitative estimate of drug-likeness (QED) is 0.929. The first-order valence-electron chi connectivity index (χ1n) is 7.75. The number of benzene rings is 1. The Hall–Kier alpha value is -2.40. The molecule has 1 N–H and O–H groups in total. The van der Waals surface area contributed by atoms with Crippen LogP contribution in [0.2, 0.25) is 5.02 Å². The lowest BCUT2D eigenvalue weighted by Gasteiger charge is -2.17. The number of aromatic nitrogens is 1. The molecule has 1 aromatic heterocycles. The number of anilines is 2. The number of amides is 2. The summed E-state index contributed by atoms with van der Waals surface area (Å²) >= 11 is 6.14. The molecule has 1 aliphatic heterocycles. The van der Waals surface area contributed by atoms with Gasteiger partial charge in [0.15, 0.2) is 0 Å². The lowest BCUT2D eigenvalue weighted by Crippen LogP contribution is -2.28. The summed E-state index contributed by atoms with van der Waals surface area (Å²) in [5.74, 6) is -0.168. The molecule has 124 valence electrons. The van der Waals surface area contributed by atoms with E-state index in [0.717, 1.165) is 16.9 Å². The van der Waals surface area contributed by atoms with E-state index >= 15 is 0 Å². The predicted molar refractivity (Wildman–Crippen MR) is 94.3 cm³/mol. The lowest BCUT2D eigenvalue weighted by molar-refractivity contribution is -0.122. The van der Waals surface area contributed by atoms with Crippen molar-refractivity contribution in [2.75, 3.05) is 16.8 Å². The van der Waals surface area contributed by atoms with Crippen molar-refractivity contribution < 1.29 is 9.59 Å². The lowest BCUT2D eigenvalue weighted by atomic mass is 10.1. The Morgan fingerprint density at radius 3 is 2.79 bits per heavy atom. The van der Waals surface area contributed by atoms with Crippen molar-refractivity contribution in [3.8, 4) is 0 Å². The van der Waals surface area contributed by atoms with E-state index in [4.69, 9.17) is 11.6 Å². The van der Waals surface area contributed by atoms with Crippen LogP contribution in [0.4, 0.5) is 11.5 Å². The number of pyridine rings is 1. The predicted octanol–water partition coefficient (Wildman–Crippen LogP) is 3.34. The normalized spacial score (nSPS) is 17.2. The number of hydrogen-bond acceptors (Lipinski definition) is 3. The molecule has 0 radical (unpaired) electrons. The van der Waals surface area contributed by atoms with Gasteiger partial charge in [0.1, 0.15) is 5.82 Å². The Bertz CT molecular complexity index is 807. The minimum Gasteiger partial charge on any atom is -0.312 e. The van der Waals surface area contributed by atoms with Crippen LogP contribution in [0.3, 0.4) is 0 Å². The van der Waals surface area contributed by atoms with Crippen LogP contribution in [-0.2, 0) is 9.59 Å². The number of rotatable bonds is 3. The molecular formula is C18H18ClN3O2. The van der Waals surface area contributed by atoms with Crippen molar-refractivity contribution >= 4 is 34.9 Å². The van der Waals surface area contributed by atoms with Crippen LogP contribution in [0, 0.1) is 19.8 Å². The summed E-state index contributed by atoms with van der Waals surface area (Å²) in [5.41, 5.74) is 2.50. The van der Waals surface area contributed by atoms with Crippen molar-refractivity contribution in [1.82, 2.24) is 4.98 Å². The summed E-state index contributed by atoms with van der Waals surface area (Å²) in [5, 5.41) is 3.39. The molecule has 1 saturated heterocycles. The molecule has 1 aromatic carbocycles. The molecule has 1 aliphatic rings. The third kappa shape index (κ3) is 3.41. The molecule has 5 nitrogen and oxygen atoms in total. The SMILES string of the molecule is Cc1cccc(NC(=O)[C@H]2CC(=O)N(c3ccc(C)c(Cl)c3)C2)n1. The van der Waals surface area contributed by atoms with Crippen molar-refractivity contribution in [3.63, 3.8) is 0 Å². The molecule has 0 saturated carbocycles. The van der Waals surface area contributed by atoms with Gasteiger partial charge in [0, 0.05) is 29.4 Å². The molecule has 1 fully saturated rings. The second-order valence-corrected chi connectivity index (χ2v) is 6.40. The molecular weight excluding hydrogens is 326 g/mol. The summed E-state index contributed by atoms with van der Waals surface area (Å²) in [7, 11) is 0. The van der Waals surface area contributed by atoms with E-state index in [9.17, 15) is 9.59 Å². The van der Waals surface area contributed by atoms with Gasteiger partial charge < -0.3 is 10.2 Å². The summed E-state index contributed by atoms with van der Waals surface area (Å²) in [4.78, 5) is 30.6. The highest BCUT2D eigenvalue weighted by molar-refractivity contribution is 6.31. The van der Waals surface area contributed by atoms with E-state index in [1.807, 2.05) is 38.1 Å². The van der Waals surface area contributed by atoms with Crippen LogP contribution in [0.5, 0.6) is 0 Å². The zero-order valence-electron chi connectivity index (χ0n) is 13.5. The number of hydrogen-bond donors (Lipinski definition) is 1. The van der Waals surface area contributed by atoms with Crippen LogP contribution >= 0.6 is 11.6 Å². The zero-order chi connectivity index (χ0) is 17.3. The molecule has 6 heteroatoms. The largest absolute Gasteiger partial charge is 0.312 e. The summed E-state index contributed by atoms with van der Waals surface area (Å²) < 4.78 is 0. The smallest absolute Gasteiger partial charge is 0.230 e. The van der Waals surface area contributed by atoms with Crippen LogP contribution in [0.25, 0.3) is 0 Å². The van der Waals surface area contributed by atoms with E-state index in [-0.39, 0.29) is 18.2 Å². The topological polar surface area (TPSA) is 62.3 Å². The fraction of sp³-hybridized carbons (Fsp3) is 0.278. The monoisotopic (exact) mass is 343 g/mol. The maximum absolute atomic E-state index is 12.4. The first-order chi connectivity index (χ1) is 11.4. The zero-order valence-corrected chi connectivity index (χ0v) is 14.3. The first-order valence-corrected chi connectivity index (χ1v) is 8.13. The van der Waals surface area contributed by atoms with Gasteiger partial charge in [-0.25, -0.2) is 4.98 Å². The maximum atomic E-state index is 12.4. The Morgan fingerprint density at radius 2 is 2.08 bits per heavy atom. The van der Waals surface area contributed by atoms with Gasteiger partial charge in [-0.05, 0) is 43.7 Å². The highest BCUT2D eigenvalue weighted by atomic mass is 35.5. The minimum atomic E-state index is -0.403. The number of nitrogens with one attached hydrogen (secondary N) is 1. The van der Waals surface area contributed by atoms with Crippen LogP contribution in [-0.4, -0.2) is 23.3 Å². The van der Waals surface area contributed by atoms with Crippen molar-refractivity contribution in [2.45, 2.75) is 20.3 Å². The van der Waals surface area contributed by atoms with Gasteiger partial charge in [0.05, 0.1) is 5.92 Å². The van der Waals surface area contributed by atoms with E-state index < -0.39 is 5.92 Å². The van der Waals surface area contributed by atoms with E-state index in [1.54, 1.807) is 17.0 Å². The van der Waals surface area contributed by atoms with E-state index in [0.29, 0.717) is 17.4 Å². The molecule has 2 aromatic rings. The van der Waals surface area contributed by atoms with Gasteiger partial charge in [-0.2, -0.15) is 0 Å². The summed E-state index contributed by atoms with van der Waals surface area (Å²) in [6.07, 6.45) is 0.184. The fourth-order valence-electron chi connectivity index (χ4n) is 2.72. The number of halogens is 1. The van der Waals surface area contributed by atoms with Gasteiger partial charge in [0.2, 0.25) is 11.8 Å². The Balaban J connectivity index is 1.72. The molecule has 24 heavy (non-hydrogen) atoms. The molecule has 0 bridgehead atoms. The number of carbonyl (C=O) groups is 2. The highest BCUT2D eigenvalue weighted by Gasteiger charge is 2.35. The molecule has 0 spiro atoms. The number of aryl methyl sites for hydroxylation is 2. The van der Waals surface area contributed by atoms with Crippen LogP contribution < -0.4 is 10.2 Å². The van der Waals surface area contributed by atoms with Crippen LogP contribution in [0.15, 0.2) is 36.4 Å². The summed E-state index contributed by atoms with van der Waals surface area (Å²) in [6.45, 7) is 4.11. The van der Waals surface area contributed by atoms with Crippen molar-refractivity contribution in [1.29, 1.82) is 0 Å². The Labute approximate surface area is 145 Å². The minimum absolute atomic E-state index is 0.0766. The van der Waals surface area contributed by atoms with Gasteiger partial charge in [0.25, 0.3) is 0 Å². The van der Waals surface area contributed by atoms with Crippen LogP contribution in [0.1, 0.15) is 17.7 Å². The molecule has 2 heterocycles. The third-order valence-corrected chi connectivity index (χ3v) is 4.51. The van der Waals surface area contributed by atoms with Gasteiger partial charge in [-0.1, -0.05) is 23.7 Å². The van der Waals surface area contributed by atoms with E-state index in [2.05, 4.69) is 10.3 Å². The van der Waals surface area contributed by atoms with Gasteiger partial charge >= 0.3 is 0 Å². The van der Waals surface area contributed by atoms with Crippen molar-refractivity contribution in [3.05, 3.63) is 52.7 Å². The summed E-state index contributed by atoms with van der Waals surface area (Å²) in [6, 6.07) is 10.9. The average molecular weight is 344 g/mol. The molecule has 0 unspecified atom stereocenters. The molecule has 3 rings (SSSR count). The fourth-order valence-corrected chi connectivity index (χ4v) is 2.90. The molecule has 0 aliphatic carbocycles. The van der Waals surface area contributed by atoms with Crippen molar-refractivity contribution in [2.24, 2.45) is 5.92 Å². The molecule has 2 amide bonds. The molecule has 1 atom stereocenters. The number of carbonyl (C=O) groups excluding carboxylic acids is 2. The highest BCUT2D eigenvalue weighted by Crippen LogP contribution is 2.29. The second kappa shape index (κ2) is 6.61. The second-order valence-electron chi connectivity index (χ2n) is 5.99. The third-order valence-electron chi connectivity index (χ3n) is 4.10. The van der Waals surface area contributed by atoms with Gasteiger partial charge in [-0.15, -0.1) is 0 Å². The average Bonchev–Trinajstić information content (AvgIpc) is 2.92. The van der Waals surface area contributed by atoms with Gasteiger partial charge in [-0.3, -0.25) is 9.59 Å². The standard InChI is InChI=1S/C18H18ClN3O2/c1-11-6-7-14(9-15(11)19)22-10-13(8-17(22)23)18(24)21-16-5-3-4-12(2)20-16/h3-7,9,13H,8,10H2,1-2H3,(H,20,21,24)/t13-/m0/s1. The number of nitrogens with zero attached hydrogens (tertiary/aromatic N) is 2. The van der Waals surface area contributed by atoms with E-state index in [1.165, 1.54) is 0 Å². The first kappa shape index (κ1) is 16.5. The Morgan fingerprint density at radius 1 is 1.29 bits per heavy atom. The Kier molecular flexibility index (Phi) is 4.53.